The first kappa shape index (κ1) is 29.5. The van der Waals surface area contributed by atoms with Crippen molar-refractivity contribution in [2.45, 2.75) is 0 Å². The summed E-state index contributed by atoms with van der Waals surface area (Å²) in [5.74, 6) is -0.0594. The van der Waals surface area contributed by atoms with Gasteiger partial charge in [-0.2, -0.15) is 0 Å². The second-order valence-corrected chi connectivity index (χ2v) is 12.7. The highest BCUT2D eigenvalue weighted by Crippen LogP contribution is 2.50. The van der Waals surface area contributed by atoms with Crippen molar-refractivity contribution in [3.8, 4) is 33.4 Å². The summed E-state index contributed by atoms with van der Waals surface area (Å²) >= 11 is 0. The van der Waals surface area contributed by atoms with E-state index in [1.165, 1.54) is 65.3 Å². The van der Waals surface area contributed by atoms with Crippen molar-refractivity contribution >= 4 is 60.4 Å². The summed E-state index contributed by atoms with van der Waals surface area (Å²) in [7, 11) is 1.61. The van der Waals surface area contributed by atoms with E-state index in [0.29, 0.717) is 5.70 Å². The second kappa shape index (κ2) is 11.8. The highest BCUT2D eigenvalue weighted by molar-refractivity contribution is 6.30. The molecule has 0 saturated carbocycles. The van der Waals surface area contributed by atoms with Crippen LogP contribution in [0.4, 0.5) is 0 Å². The molecule has 8 aromatic carbocycles. The molecular formula is C46H32N2O2. The van der Waals surface area contributed by atoms with E-state index in [-0.39, 0.29) is 5.91 Å². The molecule has 0 radical (unpaired) electrons. The van der Waals surface area contributed by atoms with Crippen molar-refractivity contribution in [1.82, 2.24) is 5.32 Å². The molecule has 0 fully saturated rings. The number of benzene rings is 8. The lowest BCUT2D eigenvalue weighted by Crippen LogP contribution is -2.29. The number of hydrogen-bond acceptors (Lipinski definition) is 3. The van der Waals surface area contributed by atoms with Crippen molar-refractivity contribution in [3.05, 3.63) is 169 Å². The summed E-state index contributed by atoms with van der Waals surface area (Å²) in [6, 6.07) is 51.9. The van der Waals surface area contributed by atoms with Crippen molar-refractivity contribution in [2.24, 2.45) is 5.73 Å². The minimum Gasteiger partial charge on any atom is -0.502 e. The molecule has 3 N–H and O–H groups in total. The maximum atomic E-state index is 11.7. The van der Waals surface area contributed by atoms with Crippen LogP contribution in [-0.4, -0.2) is 13.0 Å². The molecule has 0 saturated heterocycles. The quantitative estimate of drug-likeness (QED) is 0.140. The molecular weight excluding hydrogens is 613 g/mol. The van der Waals surface area contributed by atoms with E-state index >= 15 is 0 Å². The molecule has 0 aromatic heterocycles. The second-order valence-electron chi connectivity index (χ2n) is 12.7. The minimum atomic E-state index is -0.0594. The molecule has 9 rings (SSSR count). The van der Waals surface area contributed by atoms with Crippen LogP contribution in [0, 0.1) is 0 Å². The average Bonchev–Trinajstić information content (AvgIpc) is 3.15. The number of fused-ring (bicyclic) bond motifs is 4. The maximum Gasteiger partial charge on any atom is 0.250 e. The van der Waals surface area contributed by atoms with Gasteiger partial charge >= 0.3 is 0 Å². The predicted molar refractivity (Wildman–Crippen MR) is 208 cm³/mol. The van der Waals surface area contributed by atoms with E-state index in [1.54, 1.807) is 19.4 Å². The first-order valence-electron chi connectivity index (χ1n) is 16.7. The highest BCUT2D eigenvalue weighted by atomic mass is 16.5. The van der Waals surface area contributed by atoms with Gasteiger partial charge in [-0.25, -0.2) is 0 Å². The summed E-state index contributed by atoms with van der Waals surface area (Å²) < 4.78 is 5.24. The monoisotopic (exact) mass is 644 g/mol. The Labute approximate surface area is 289 Å². The molecule has 0 unspecified atom stereocenters. The molecule has 0 bridgehead atoms. The smallest absolute Gasteiger partial charge is 0.250 e. The summed E-state index contributed by atoms with van der Waals surface area (Å²) in [5.41, 5.74) is 16.7. The molecule has 8 aromatic rings. The Morgan fingerprint density at radius 3 is 1.32 bits per heavy atom. The lowest BCUT2D eigenvalue weighted by Gasteiger charge is -2.22. The van der Waals surface area contributed by atoms with Crippen LogP contribution in [-0.2, 0) is 9.53 Å². The van der Waals surface area contributed by atoms with Crippen LogP contribution < -0.4 is 11.1 Å². The predicted octanol–water partition coefficient (Wildman–Crippen LogP) is 10.7. The van der Waals surface area contributed by atoms with Crippen LogP contribution in [0.3, 0.4) is 0 Å². The fourth-order valence-electron chi connectivity index (χ4n) is 7.72. The first-order valence-corrected chi connectivity index (χ1v) is 16.7. The van der Waals surface area contributed by atoms with E-state index < -0.39 is 0 Å². The zero-order chi connectivity index (χ0) is 33.8. The summed E-state index contributed by atoms with van der Waals surface area (Å²) in [4.78, 5) is 11.7. The number of ether oxygens (including phenoxy) is 1. The van der Waals surface area contributed by atoms with Gasteiger partial charge in [0.2, 0.25) is 5.91 Å². The topological polar surface area (TPSA) is 64.3 Å². The Hall–Kier alpha value is -6.65. The van der Waals surface area contributed by atoms with Crippen LogP contribution in [0.5, 0.6) is 0 Å². The minimum absolute atomic E-state index is 0.0594. The van der Waals surface area contributed by atoms with Crippen molar-refractivity contribution in [2.75, 3.05) is 7.11 Å². The van der Waals surface area contributed by atoms with Crippen molar-refractivity contribution < 1.29 is 9.53 Å². The molecule has 238 valence electrons. The van der Waals surface area contributed by atoms with Gasteiger partial charge in [0.05, 0.1) is 18.5 Å². The highest BCUT2D eigenvalue weighted by Gasteiger charge is 2.23. The van der Waals surface area contributed by atoms with Gasteiger partial charge in [-0.3, -0.25) is 4.79 Å². The number of carbonyl (C=O) groups excluding carboxylic acids is 1. The van der Waals surface area contributed by atoms with Gasteiger partial charge < -0.3 is 15.8 Å². The first-order chi connectivity index (χ1) is 24.6. The largest absolute Gasteiger partial charge is 0.502 e. The fourth-order valence-corrected chi connectivity index (χ4v) is 7.72. The van der Waals surface area contributed by atoms with Crippen LogP contribution >= 0.6 is 0 Å². The van der Waals surface area contributed by atoms with Crippen LogP contribution in [0.25, 0.3) is 87.9 Å². The van der Waals surface area contributed by atoms with Gasteiger partial charge in [-0.15, -0.1) is 0 Å². The molecule has 50 heavy (non-hydrogen) atoms. The Morgan fingerprint density at radius 1 is 0.520 bits per heavy atom. The van der Waals surface area contributed by atoms with E-state index in [2.05, 4.69) is 139 Å². The number of methoxy groups -OCH3 is 1. The molecule has 0 atom stereocenters. The Bertz CT molecular complexity index is 2640. The molecule has 1 aliphatic rings. The third kappa shape index (κ3) is 4.65. The summed E-state index contributed by atoms with van der Waals surface area (Å²) in [5, 5.41) is 12.4. The molecule has 1 amide bonds. The van der Waals surface area contributed by atoms with Gasteiger partial charge in [0.1, 0.15) is 6.26 Å². The van der Waals surface area contributed by atoms with Gasteiger partial charge in [-0.05, 0) is 94.2 Å². The summed E-state index contributed by atoms with van der Waals surface area (Å²) in [6.45, 7) is 0. The number of nitrogens with one attached hydrogen (secondary N) is 1. The third-order valence-corrected chi connectivity index (χ3v) is 9.84. The van der Waals surface area contributed by atoms with Gasteiger partial charge in [-0.1, -0.05) is 133 Å². The molecule has 0 spiro atoms. The van der Waals surface area contributed by atoms with Gasteiger partial charge in [0.25, 0.3) is 0 Å². The number of nitrogens with two attached hydrogens (primary N) is 1. The standard InChI is InChI=1S/C46H32N2O2/c1-50-27-40(47)28-12-10-14-30(24-28)43-32-16-2-6-20-36(32)45(37-21-7-3-17-33(37)43)46-38-22-8-4-18-34(38)44(35-19-5-9-23-39(35)46)31-15-11-13-29(25-31)41-26-42(49)48-41/h2-27H,47H2,1H3,(H,48,49)/b40-27-. The van der Waals surface area contributed by atoms with E-state index in [1.807, 2.05) is 12.1 Å². The van der Waals surface area contributed by atoms with E-state index in [4.69, 9.17) is 10.5 Å². The Morgan fingerprint density at radius 2 is 0.900 bits per heavy atom. The lowest BCUT2D eigenvalue weighted by atomic mass is 9.81. The third-order valence-electron chi connectivity index (χ3n) is 9.84. The van der Waals surface area contributed by atoms with Gasteiger partial charge in [0.15, 0.2) is 0 Å². The molecule has 4 heteroatoms. The normalized spacial score (nSPS) is 13.0. The molecule has 0 aliphatic carbocycles. The van der Waals surface area contributed by atoms with E-state index in [0.717, 1.165) is 28.0 Å². The number of carbonyl (C=O) groups is 1. The zero-order valence-electron chi connectivity index (χ0n) is 27.4. The maximum absolute atomic E-state index is 11.7. The number of rotatable bonds is 6. The summed E-state index contributed by atoms with van der Waals surface area (Å²) in [6.07, 6.45) is 3.23. The Kier molecular flexibility index (Phi) is 6.96. The van der Waals surface area contributed by atoms with Crippen molar-refractivity contribution in [3.63, 3.8) is 0 Å². The number of amides is 1. The van der Waals surface area contributed by atoms with Crippen LogP contribution in [0.15, 0.2) is 158 Å². The SMILES string of the molecule is CO/C=C(\N)c1cccc(-c2c3ccccc3c(-c3c4ccccc4c(-c4cccc(C5=CC(=O)N5)c4)c4ccccc34)c3ccccc23)c1. The molecule has 1 heterocycles. The Balaban J connectivity index is 1.39. The van der Waals surface area contributed by atoms with E-state index in [9.17, 15) is 4.79 Å². The molecule has 1 aliphatic heterocycles. The number of hydrogen-bond donors (Lipinski definition) is 2. The van der Waals surface area contributed by atoms with Crippen molar-refractivity contribution in [1.29, 1.82) is 0 Å². The van der Waals surface area contributed by atoms with Gasteiger partial charge in [0, 0.05) is 11.6 Å². The molecule has 4 nitrogen and oxygen atoms in total. The van der Waals surface area contributed by atoms with Crippen LogP contribution in [0.1, 0.15) is 11.1 Å². The lowest BCUT2D eigenvalue weighted by molar-refractivity contribution is -0.116. The zero-order valence-corrected chi connectivity index (χ0v) is 27.4. The fraction of sp³-hybridized carbons (Fsp3) is 0.0217. The van der Waals surface area contributed by atoms with Crippen LogP contribution in [0.2, 0.25) is 0 Å². The average molecular weight is 645 g/mol.